The second-order valence-corrected chi connectivity index (χ2v) is 5.85. The highest BCUT2D eigenvalue weighted by molar-refractivity contribution is 6.36. The van der Waals surface area contributed by atoms with Crippen molar-refractivity contribution in [3.8, 4) is 0 Å². The standard InChI is InChI=1S/C14H15Cl2NO4/c15-9-1-2-10(11(16)7-9)12(18)17-8-14(13(19)20)3-5-21-6-4-14/h1-2,7H,3-6,8H2,(H,17,18)(H,19,20). The molecule has 2 rings (SSSR count). The lowest BCUT2D eigenvalue weighted by Gasteiger charge is -2.33. The van der Waals surface area contributed by atoms with Gasteiger partial charge in [0.2, 0.25) is 0 Å². The molecule has 1 aromatic carbocycles. The van der Waals surface area contributed by atoms with E-state index >= 15 is 0 Å². The predicted octanol–water partition coefficient (Wildman–Crippen LogP) is 2.60. The SMILES string of the molecule is O=C(NCC1(C(=O)O)CCOCC1)c1ccc(Cl)cc1Cl. The largest absolute Gasteiger partial charge is 0.481 e. The summed E-state index contributed by atoms with van der Waals surface area (Å²) in [6, 6.07) is 4.54. The molecule has 0 radical (unpaired) electrons. The van der Waals surface area contributed by atoms with Gasteiger partial charge in [-0.1, -0.05) is 23.2 Å². The average Bonchev–Trinajstić information content (AvgIpc) is 2.45. The van der Waals surface area contributed by atoms with Crippen molar-refractivity contribution in [1.29, 1.82) is 0 Å². The van der Waals surface area contributed by atoms with Gasteiger partial charge in [0.05, 0.1) is 16.0 Å². The quantitative estimate of drug-likeness (QED) is 0.889. The number of nitrogens with one attached hydrogen (secondary N) is 1. The minimum absolute atomic E-state index is 0.0451. The van der Waals surface area contributed by atoms with Crippen molar-refractivity contribution in [3.63, 3.8) is 0 Å². The number of benzene rings is 1. The van der Waals surface area contributed by atoms with Crippen LogP contribution in [-0.4, -0.2) is 36.7 Å². The molecule has 1 aliphatic heterocycles. The topological polar surface area (TPSA) is 75.6 Å². The number of carboxylic acid groups (broad SMARTS) is 1. The maximum atomic E-state index is 12.1. The van der Waals surface area contributed by atoms with Crippen molar-refractivity contribution in [1.82, 2.24) is 5.32 Å². The van der Waals surface area contributed by atoms with E-state index in [0.717, 1.165) is 0 Å². The summed E-state index contributed by atoms with van der Waals surface area (Å²) in [5.41, 5.74) is -0.707. The van der Waals surface area contributed by atoms with Crippen molar-refractivity contribution < 1.29 is 19.4 Å². The molecule has 0 saturated carbocycles. The Morgan fingerprint density at radius 2 is 1.95 bits per heavy atom. The lowest BCUT2D eigenvalue weighted by atomic mass is 9.80. The summed E-state index contributed by atoms with van der Waals surface area (Å²) in [5.74, 6) is -1.34. The van der Waals surface area contributed by atoms with Crippen LogP contribution in [0.25, 0.3) is 0 Å². The highest BCUT2D eigenvalue weighted by Gasteiger charge is 2.40. The highest BCUT2D eigenvalue weighted by atomic mass is 35.5. The van der Waals surface area contributed by atoms with E-state index in [0.29, 0.717) is 31.1 Å². The Kier molecular flexibility index (Phi) is 5.08. The van der Waals surface area contributed by atoms with E-state index in [1.807, 2.05) is 0 Å². The number of carbonyl (C=O) groups is 2. The molecule has 114 valence electrons. The zero-order valence-corrected chi connectivity index (χ0v) is 12.7. The molecule has 0 aliphatic carbocycles. The number of amides is 1. The first-order valence-corrected chi connectivity index (χ1v) is 7.25. The van der Waals surface area contributed by atoms with Crippen molar-refractivity contribution in [2.24, 2.45) is 5.41 Å². The first kappa shape index (κ1) is 16.1. The van der Waals surface area contributed by atoms with Crippen LogP contribution in [0.5, 0.6) is 0 Å². The summed E-state index contributed by atoms with van der Waals surface area (Å²) < 4.78 is 5.19. The van der Waals surface area contributed by atoms with Gasteiger partial charge in [0, 0.05) is 24.8 Å². The van der Waals surface area contributed by atoms with E-state index in [9.17, 15) is 14.7 Å². The lowest BCUT2D eigenvalue weighted by Crippen LogP contribution is -2.46. The van der Waals surface area contributed by atoms with Gasteiger partial charge in [-0.3, -0.25) is 9.59 Å². The van der Waals surface area contributed by atoms with Crippen LogP contribution in [0.3, 0.4) is 0 Å². The number of hydrogen-bond acceptors (Lipinski definition) is 3. The molecule has 7 heteroatoms. The second kappa shape index (κ2) is 6.64. The molecule has 0 unspecified atom stereocenters. The van der Waals surface area contributed by atoms with Gasteiger partial charge < -0.3 is 15.2 Å². The Morgan fingerprint density at radius 3 is 2.52 bits per heavy atom. The molecule has 1 aromatic rings. The van der Waals surface area contributed by atoms with Gasteiger partial charge in [0.25, 0.3) is 5.91 Å². The average molecular weight is 332 g/mol. The lowest BCUT2D eigenvalue weighted by molar-refractivity contribution is -0.154. The van der Waals surface area contributed by atoms with Gasteiger partial charge in [-0.15, -0.1) is 0 Å². The van der Waals surface area contributed by atoms with Crippen molar-refractivity contribution in [3.05, 3.63) is 33.8 Å². The highest BCUT2D eigenvalue weighted by Crippen LogP contribution is 2.30. The maximum absolute atomic E-state index is 12.1. The Labute approximate surface area is 132 Å². The molecule has 1 heterocycles. The number of carboxylic acids is 1. The molecule has 0 aromatic heterocycles. The van der Waals surface area contributed by atoms with E-state index in [2.05, 4.69) is 5.32 Å². The fourth-order valence-corrected chi connectivity index (χ4v) is 2.74. The molecule has 0 bridgehead atoms. The Bertz CT molecular complexity index is 556. The third kappa shape index (κ3) is 3.67. The molecule has 1 amide bonds. The first-order valence-electron chi connectivity index (χ1n) is 6.49. The fourth-order valence-electron chi connectivity index (χ4n) is 2.25. The molecule has 0 spiro atoms. The maximum Gasteiger partial charge on any atom is 0.311 e. The van der Waals surface area contributed by atoms with Crippen molar-refractivity contribution in [2.45, 2.75) is 12.8 Å². The summed E-state index contributed by atoms with van der Waals surface area (Å²) in [6.07, 6.45) is 0.744. The van der Waals surface area contributed by atoms with E-state index < -0.39 is 17.3 Å². The van der Waals surface area contributed by atoms with Crippen LogP contribution in [0, 0.1) is 5.41 Å². The molecule has 1 aliphatic rings. The molecular formula is C14H15Cl2NO4. The minimum atomic E-state index is -0.979. The van der Waals surface area contributed by atoms with Gasteiger partial charge >= 0.3 is 5.97 Å². The monoisotopic (exact) mass is 331 g/mol. The molecular weight excluding hydrogens is 317 g/mol. The third-order valence-corrected chi connectivity index (χ3v) is 4.21. The molecule has 1 saturated heterocycles. The van der Waals surface area contributed by atoms with Crippen LogP contribution >= 0.6 is 23.2 Å². The summed E-state index contributed by atoms with van der Waals surface area (Å²) in [6.45, 7) is 0.803. The Balaban J connectivity index is 2.07. The van der Waals surface area contributed by atoms with Gasteiger partial charge in [-0.2, -0.15) is 0 Å². The van der Waals surface area contributed by atoms with Crippen LogP contribution in [-0.2, 0) is 9.53 Å². The van der Waals surface area contributed by atoms with Crippen molar-refractivity contribution in [2.75, 3.05) is 19.8 Å². The summed E-state index contributed by atoms with van der Waals surface area (Å²) in [7, 11) is 0. The van der Waals surface area contributed by atoms with Gasteiger partial charge in [-0.05, 0) is 31.0 Å². The van der Waals surface area contributed by atoms with Gasteiger partial charge in [-0.25, -0.2) is 0 Å². The molecule has 21 heavy (non-hydrogen) atoms. The number of ether oxygens (including phenoxy) is 1. The summed E-state index contributed by atoms with van der Waals surface area (Å²) in [4.78, 5) is 23.6. The number of rotatable bonds is 4. The second-order valence-electron chi connectivity index (χ2n) is 5.00. The minimum Gasteiger partial charge on any atom is -0.481 e. The smallest absolute Gasteiger partial charge is 0.311 e. The van der Waals surface area contributed by atoms with Crippen LogP contribution in [0.4, 0.5) is 0 Å². The van der Waals surface area contributed by atoms with E-state index in [4.69, 9.17) is 27.9 Å². The van der Waals surface area contributed by atoms with Gasteiger partial charge in [0.1, 0.15) is 0 Å². The third-order valence-electron chi connectivity index (χ3n) is 3.67. The normalized spacial score (nSPS) is 17.2. The number of halogens is 2. The van der Waals surface area contributed by atoms with Gasteiger partial charge in [0.15, 0.2) is 0 Å². The summed E-state index contributed by atoms with van der Waals surface area (Å²) >= 11 is 11.7. The van der Waals surface area contributed by atoms with Crippen molar-refractivity contribution >= 4 is 35.1 Å². The number of carbonyl (C=O) groups excluding carboxylic acids is 1. The molecule has 2 N–H and O–H groups in total. The fraction of sp³-hybridized carbons (Fsp3) is 0.429. The first-order chi connectivity index (χ1) is 9.94. The van der Waals surface area contributed by atoms with Crippen LogP contribution in [0.2, 0.25) is 10.0 Å². The zero-order valence-electron chi connectivity index (χ0n) is 11.2. The molecule has 5 nitrogen and oxygen atoms in total. The number of aliphatic carboxylic acids is 1. The zero-order chi connectivity index (χ0) is 15.5. The van der Waals surface area contributed by atoms with Crippen LogP contribution in [0.15, 0.2) is 18.2 Å². The van der Waals surface area contributed by atoms with E-state index in [1.54, 1.807) is 6.07 Å². The van der Waals surface area contributed by atoms with Crippen LogP contribution in [0.1, 0.15) is 23.2 Å². The molecule has 0 atom stereocenters. The van der Waals surface area contributed by atoms with E-state index in [1.165, 1.54) is 12.1 Å². The Morgan fingerprint density at radius 1 is 1.29 bits per heavy atom. The summed E-state index contributed by atoms with van der Waals surface area (Å²) in [5, 5.41) is 12.7. The van der Waals surface area contributed by atoms with Crippen LogP contribution < -0.4 is 5.32 Å². The van der Waals surface area contributed by atoms with E-state index in [-0.39, 0.29) is 17.1 Å². The molecule has 1 fully saturated rings. The predicted molar refractivity (Wildman–Crippen MR) is 78.9 cm³/mol. The number of hydrogen-bond donors (Lipinski definition) is 2. The Hall–Kier alpha value is -1.30.